The molecule has 0 aromatic heterocycles. The fourth-order valence-electron chi connectivity index (χ4n) is 2.36. The van der Waals surface area contributed by atoms with Crippen LogP contribution >= 0.6 is 0 Å². The lowest BCUT2D eigenvalue weighted by molar-refractivity contribution is -0.140. The normalized spacial score (nSPS) is 20.5. The third-order valence-corrected chi connectivity index (χ3v) is 3.98. The topological polar surface area (TPSA) is 46.5 Å². The third-order valence-electron chi connectivity index (χ3n) is 3.98. The summed E-state index contributed by atoms with van der Waals surface area (Å²) < 4.78 is 5.83. The summed E-state index contributed by atoms with van der Waals surface area (Å²) >= 11 is 0. The van der Waals surface area contributed by atoms with Crippen molar-refractivity contribution in [1.82, 2.24) is 0 Å². The van der Waals surface area contributed by atoms with E-state index in [1.807, 2.05) is 25.1 Å². The average molecular weight is 246 g/mol. The highest BCUT2D eigenvalue weighted by Gasteiger charge is 2.53. The number of aliphatic carboxylic acids is 1. The van der Waals surface area contributed by atoms with E-state index < -0.39 is 11.4 Å². The highest BCUT2D eigenvalue weighted by Crippen LogP contribution is 2.52. The molecular weight excluding hydrogens is 228 g/mol. The van der Waals surface area contributed by atoms with Gasteiger partial charge in [0.1, 0.15) is 5.75 Å². The van der Waals surface area contributed by atoms with Crippen LogP contribution in [-0.4, -0.2) is 17.7 Å². The van der Waals surface area contributed by atoms with Crippen LogP contribution in [0.4, 0.5) is 0 Å². The van der Waals surface area contributed by atoms with Gasteiger partial charge in [-0.1, -0.05) is 17.7 Å². The molecule has 3 nitrogen and oxygen atoms in total. The summed E-state index contributed by atoms with van der Waals surface area (Å²) in [5.74, 6) is 0.732. The summed E-state index contributed by atoms with van der Waals surface area (Å²) in [6.45, 7) is 2.72. The van der Waals surface area contributed by atoms with Gasteiger partial charge in [-0.25, -0.2) is 0 Å². The molecule has 1 aromatic rings. The van der Waals surface area contributed by atoms with Crippen LogP contribution in [0.2, 0.25) is 0 Å². The zero-order valence-electron chi connectivity index (χ0n) is 10.6. The van der Waals surface area contributed by atoms with E-state index in [0.29, 0.717) is 5.92 Å². The minimum Gasteiger partial charge on any atom is -0.493 e. The van der Waals surface area contributed by atoms with Crippen molar-refractivity contribution >= 4 is 5.97 Å². The van der Waals surface area contributed by atoms with Gasteiger partial charge in [0, 0.05) is 5.56 Å². The van der Waals surface area contributed by atoms with E-state index in [-0.39, 0.29) is 0 Å². The number of rotatable bonds is 5. The number of carboxylic acids is 1. The second kappa shape index (κ2) is 4.01. The van der Waals surface area contributed by atoms with Crippen LogP contribution in [-0.2, 0) is 10.2 Å². The molecule has 2 aliphatic rings. The minimum absolute atomic E-state index is 0.676. The number of hydrogen-bond acceptors (Lipinski definition) is 2. The first-order valence-corrected chi connectivity index (χ1v) is 6.59. The van der Waals surface area contributed by atoms with Crippen LogP contribution in [0, 0.1) is 12.8 Å². The molecule has 0 radical (unpaired) electrons. The molecule has 3 rings (SSSR count). The van der Waals surface area contributed by atoms with Gasteiger partial charge < -0.3 is 9.84 Å². The molecule has 3 heteroatoms. The molecule has 0 saturated heterocycles. The Morgan fingerprint density at radius 2 is 2.17 bits per heavy atom. The maximum absolute atomic E-state index is 11.4. The Balaban J connectivity index is 1.90. The lowest BCUT2D eigenvalue weighted by Crippen LogP contribution is -2.21. The van der Waals surface area contributed by atoms with Crippen molar-refractivity contribution in [3.8, 4) is 5.75 Å². The SMILES string of the molecule is Cc1ccc(OCC2CC2)c(C2(C(=O)O)CC2)c1. The van der Waals surface area contributed by atoms with E-state index in [2.05, 4.69) is 0 Å². The molecule has 0 unspecified atom stereocenters. The number of ether oxygens (including phenoxy) is 1. The van der Waals surface area contributed by atoms with Crippen molar-refractivity contribution in [1.29, 1.82) is 0 Å². The van der Waals surface area contributed by atoms with Crippen LogP contribution in [0.1, 0.15) is 36.8 Å². The zero-order chi connectivity index (χ0) is 12.8. The number of hydrogen-bond donors (Lipinski definition) is 1. The van der Waals surface area contributed by atoms with E-state index >= 15 is 0 Å². The molecule has 18 heavy (non-hydrogen) atoms. The number of aryl methyl sites for hydroxylation is 1. The van der Waals surface area contributed by atoms with Crippen LogP contribution in [0.15, 0.2) is 18.2 Å². The van der Waals surface area contributed by atoms with E-state index in [4.69, 9.17) is 4.74 Å². The molecule has 0 bridgehead atoms. The Kier molecular flexibility index (Phi) is 2.58. The van der Waals surface area contributed by atoms with Gasteiger partial charge in [0.25, 0.3) is 0 Å². The van der Waals surface area contributed by atoms with Crippen molar-refractivity contribution in [3.63, 3.8) is 0 Å². The maximum atomic E-state index is 11.4. The molecule has 2 fully saturated rings. The summed E-state index contributed by atoms with van der Waals surface area (Å²) in [5.41, 5.74) is 1.29. The highest BCUT2D eigenvalue weighted by atomic mass is 16.5. The number of benzene rings is 1. The van der Waals surface area contributed by atoms with Gasteiger partial charge in [-0.3, -0.25) is 4.79 Å². The van der Waals surface area contributed by atoms with Gasteiger partial charge >= 0.3 is 5.97 Å². The standard InChI is InChI=1S/C15H18O3/c1-10-2-5-13(18-9-11-3-4-11)12(8-10)15(6-7-15)14(16)17/h2,5,8,11H,3-4,6-7,9H2,1H3,(H,16,17). The quantitative estimate of drug-likeness (QED) is 0.869. The van der Waals surface area contributed by atoms with E-state index in [9.17, 15) is 9.90 Å². The maximum Gasteiger partial charge on any atom is 0.314 e. The Bertz CT molecular complexity index is 485. The molecule has 0 atom stereocenters. The van der Waals surface area contributed by atoms with Gasteiger partial charge in [0.15, 0.2) is 0 Å². The minimum atomic E-state index is -0.718. The first kappa shape index (κ1) is 11.6. The van der Waals surface area contributed by atoms with Crippen molar-refractivity contribution in [2.75, 3.05) is 6.61 Å². The summed E-state index contributed by atoms with van der Waals surface area (Å²) in [4.78, 5) is 11.4. The van der Waals surface area contributed by atoms with Crippen LogP contribution in [0.5, 0.6) is 5.75 Å². The van der Waals surface area contributed by atoms with Gasteiger partial charge in [-0.05, 0) is 44.6 Å². The first-order chi connectivity index (χ1) is 8.62. The molecule has 2 aliphatic carbocycles. The van der Waals surface area contributed by atoms with Crippen LogP contribution in [0.25, 0.3) is 0 Å². The predicted molar refractivity (Wildman–Crippen MR) is 67.9 cm³/mol. The second-order valence-electron chi connectivity index (χ2n) is 5.64. The van der Waals surface area contributed by atoms with Crippen LogP contribution < -0.4 is 4.74 Å². The van der Waals surface area contributed by atoms with E-state index in [1.165, 1.54) is 12.8 Å². The highest BCUT2D eigenvalue weighted by molar-refractivity contribution is 5.86. The molecular formula is C15H18O3. The van der Waals surface area contributed by atoms with Crippen molar-refractivity contribution in [3.05, 3.63) is 29.3 Å². The molecule has 2 saturated carbocycles. The molecule has 1 N–H and O–H groups in total. The van der Waals surface area contributed by atoms with Crippen molar-refractivity contribution in [2.45, 2.75) is 38.0 Å². The molecule has 0 heterocycles. The average Bonchev–Trinajstić information content (AvgIpc) is 3.21. The Morgan fingerprint density at radius 3 is 2.72 bits per heavy atom. The van der Waals surface area contributed by atoms with E-state index in [1.54, 1.807) is 0 Å². The fraction of sp³-hybridized carbons (Fsp3) is 0.533. The number of carboxylic acid groups (broad SMARTS) is 1. The van der Waals surface area contributed by atoms with Gasteiger partial charge in [0.05, 0.1) is 12.0 Å². The molecule has 1 aromatic carbocycles. The summed E-state index contributed by atoms with van der Waals surface area (Å²) in [6, 6.07) is 5.89. The van der Waals surface area contributed by atoms with Crippen molar-refractivity contribution < 1.29 is 14.6 Å². The van der Waals surface area contributed by atoms with Crippen LogP contribution in [0.3, 0.4) is 0 Å². The lowest BCUT2D eigenvalue weighted by atomic mass is 9.93. The van der Waals surface area contributed by atoms with Crippen molar-refractivity contribution in [2.24, 2.45) is 5.92 Å². The first-order valence-electron chi connectivity index (χ1n) is 6.59. The summed E-state index contributed by atoms with van der Waals surface area (Å²) in [5, 5.41) is 9.41. The largest absolute Gasteiger partial charge is 0.493 e. The lowest BCUT2D eigenvalue weighted by Gasteiger charge is -2.17. The fourth-order valence-corrected chi connectivity index (χ4v) is 2.36. The molecule has 0 aliphatic heterocycles. The van der Waals surface area contributed by atoms with Gasteiger partial charge in [-0.2, -0.15) is 0 Å². The smallest absolute Gasteiger partial charge is 0.314 e. The monoisotopic (exact) mass is 246 g/mol. The zero-order valence-corrected chi connectivity index (χ0v) is 10.6. The Hall–Kier alpha value is -1.51. The van der Waals surface area contributed by atoms with Gasteiger partial charge in [-0.15, -0.1) is 0 Å². The molecule has 0 spiro atoms. The summed E-state index contributed by atoms with van der Waals surface area (Å²) in [6.07, 6.45) is 3.94. The molecule has 96 valence electrons. The van der Waals surface area contributed by atoms with Gasteiger partial charge in [0.2, 0.25) is 0 Å². The van der Waals surface area contributed by atoms with E-state index in [0.717, 1.165) is 36.3 Å². The Labute approximate surface area is 107 Å². The molecule has 0 amide bonds. The second-order valence-corrected chi connectivity index (χ2v) is 5.64. The predicted octanol–water partition coefficient (Wildman–Crippen LogP) is 2.90. The third kappa shape index (κ3) is 1.98. The Morgan fingerprint density at radius 1 is 1.44 bits per heavy atom. The summed E-state index contributed by atoms with van der Waals surface area (Å²) in [7, 11) is 0. The number of carbonyl (C=O) groups is 1.